The zero-order chi connectivity index (χ0) is 13.8. The number of nitrogens with zero attached hydrogens (tertiary/aromatic N) is 4. The smallest absolute Gasteiger partial charge is 0.0641 e. The van der Waals surface area contributed by atoms with Gasteiger partial charge in [-0.25, -0.2) is 0 Å². The number of hydrogen-bond donors (Lipinski definition) is 1. The summed E-state index contributed by atoms with van der Waals surface area (Å²) in [5.74, 6) is 0. The Labute approximate surface area is 114 Å². The molecule has 0 atom stereocenters. The first-order chi connectivity index (χ1) is 9.11. The van der Waals surface area contributed by atoms with Gasteiger partial charge in [-0.2, -0.15) is 10.2 Å². The fraction of sp³-hybridized carbons (Fsp3) is 0.571. The molecule has 5 nitrogen and oxygen atoms in total. The third-order valence-corrected chi connectivity index (χ3v) is 3.41. The van der Waals surface area contributed by atoms with Crippen molar-refractivity contribution in [2.45, 2.75) is 47.3 Å². The summed E-state index contributed by atoms with van der Waals surface area (Å²) < 4.78 is 4.03. The predicted molar refractivity (Wildman–Crippen MR) is 76.0 cm³/mol. The van der Waals surface area contributed by atoms with Crippen LogP contribution in [0, 0.1) is 20.8 Å². The molecule has 0 aliphatic rings. The SMILES string of the molecule is CCn1nc(C)c(CNCCn2cc(C)cn2)c1C. The van der Waals surface area contributed by atoms with Crippen LogP contribution in [0.5, 0.6) is 0 Å². The molecule has 0 bridgehead atoms. The second kappa shape index (κ2) is 6.02. The molecule has 5 heteroatoms. The summed E-state index contributed by atoms with van der Waals surface area (Å²) in [6.45, 7) is 12.0. The highest BCUT2D eigenvalue weighted by atomic mass is 15.3. The number of aryl methyl sites for hydroxylation is 3. The molecule has 0 spiro atoms. The molecular weight excluding hydrogens is 238 g/mol. The molecule has 0 aliphatic carbocycles. The zero-order valence-electron chi connectivity index (χ0n) is 12.3. The van der Waals surface area contributed by atoms with E-state index in [1.54, 1.807) is 0 Å². The van der Waals surface area contributed by atoms with Gasteiger partial charge in [0.05, 0.1) is 18.4 Å². The Bertz CT molecular complexity index is 538. The fourth-order valence-electron chi connectivity index (χ4n) is 2.29. The van der Waals surface area contributed by atoms with Gasteiger partial charge in [-0.15, -0.1) is 0 Å². The van der Waals surface area contributed by atoms with Crippen molar-refractivity contribution in [3.8, 4) is 0 Å². The van der Waals surface area contributed by atoms with E-state index in [0.717, 1.165) is 31.9 Å². The molecule has 1 N–H and O–H groups in total. The van der Waals surface area contributed by atoms with E-state index < -0.39 is 0 Å². The summed E-state index contributed by atoms with van der Waals surface area (Å²) in [7, 11) is 0. The van der Waals surface area contributed by atoms with Crippen LogP contribution in [0.3, 0.4) is 0 Å². The highest BCUT2D eigenvalue weighted by molar-refractivity contribution is 5.24. The maximum absolute atomic E-state index is 4.53. The van der Waals surface area contributed by atoms with E-state index in [-0.39, 0.29) is 0 Å². The lowest BCUT2D eigenvalue weighted by Gasteiger charge is -2.06. The van der Waals surface area contributed by atoms with Crippen molar-refractivity contribution in [3.05, 3.63) is 34.9 Å². The molecule has 0 radical (unpaired) electrons. The van der Waals surface area contributed by atoms with Crippen molar-refractivity contribution in [3.63, 3.8) is 0 Å². The first kappa shape index (κ1) is 13.8. The molecule has 2 rings (SSSR count). The van der Waals surface area contributed by atoms with Gasteiger partial charge in [0.2, 0.25) is 0 Å². The van der Waals surface area contributed by atoms with Gasteiger partial charge in [-0.1, -0.05) is 0 Å². The molecule has 0 amide bonds. The Hall–Kier alpha value is -1.62. The zero-order valence-corrected chi connectivity index (χ0v) is 12.3. The van der Waals surface area contributed by atoms with Crippen LogP contribution in [-0.4, -0.2) is 26.1 Å². The highest BCUT2D eigenvalue weighted by Gasteiger charge is 2.09. The molecule has 0 unspecified atom stereocenters. The molecule has 0 fully saturated rings. The molecule has 2 aromatic heterocycles. The average molecular weight is 261 g/mol. The average Bonchev–Trinajstić information content (AvgIpc) is 2.91. The standard InChI is InChI=1S/C14H23N5/c1-5-19-13(4)14(12(3)17-19)9-15-6-7-18-10-11(2)8-16-18/h8,10,15H,5-7,9H2,1-4H3. The number of nitrogens with one attached hydrogen (secondary N) is 1. The lowest BCUT2D eigenvalue weighted by atomic mass is 10.2. The van der Waals surface area contributed by atoms with E-state index in [1.165, 1.54) is 16.8 Å². The topological polar surface area (TPSA) is 47.7 Å². The van der Waals surface area contributed by atoms with Crippen LogP contribution >= 0.6 is 0 Å². The number of hydrogen-bond acceptors (Lipinski definition) is 3. The van der Waals surface area contributed by atoms with Crippen molar-refractivity contribution >= 4 is 0 Å². The van der Waals surface area contributed by atoms with Crippen LogP contribution < -0.4 is 5.32 Å². The normalized spacial score (nSPS) is 11.2. The molecule has 2 heterocycles. The lowest BCUT2D eigenvalue weighted by molar-refractivity contribution is 0.553. The predicted octanol–water partition coefficient (Wildman–Crippen LogP) is 1.81. The van der Waals surface area contributed by atoms with Crippen LogP contribution in [0.25, 0.3) is 0 Å². The second-order valence-electron chi connectivity index (χ2n) is 4.92. The van der Waals surface area contributed by atoms with E-state index in [0.29, 0.717) is 0 Å². The summed E-state index contributed by atoms with van der Waals surface area (Å²) in [6.07, 6.45) is 3.95. The van der Waals surface area contributed by atoms with Crippen molar-refractivity contribution in [2.75, 3.05) is 6.54 Å². The maximum atomic E-state index is 4.53. The van der Waals surface area contributed by atoms with Gasteiger partial charge < -0.3 is 5.32 Å². The third-order valence-electron chi connectivity index (χ3n) is 3.41. The van der Waals surface area contributed by atoms with E-state index >= 15 is 0 Å². The minimum absolute atomic E-state index is 0.873. The summed E-state index contributed by atoms with van der Waals surface area (Å²) in [4.78, 5) is 0. The van der Waals surface area contributed by atoms with Crippen molar-refractivity contribution in [2.24, 2.45) is 0 Å². The maximum Gasteiger partial charge on any atom is 0.0641 e. The molecule has 2 aromatic rings. The number of aromatic nitrogens is 4. The van der Waals surface area contributed by atoms with E-state index in [9.17, 15) is 0 Å². The van der Waals surface area contributed by atoms with E-state index in [2.05, 4.69) is 54.1 Å². The Morgan fingerprint density at radius 1 is 1.26 bits per heavy atom. The minimum atomic E-state index is 0.873. The van der Waals surface area contributed by atoms with Gasteiger partial charge in [0.15, 0.2) is 0 Å². The van der Waals surface area contributed by atoms with Gasteiger partial charge in [-0.3, -0.25) is 9.36 Å². The first-order valence-electron chi connectivity index (χ1n) is 6.84. The molecule has 19 heavy (non-hydrogen) atoms. The monoisotopic (exact) mass is 261 g/mol. The van der Waals surface area contributed by atoms with Crippen molar-refractivity contribution in [1.29, 1.82) is 0 Å². The Balaban J connectivity index is 1.84. The van der Waals surface area contributed by atoms with Crippen LogP contribution in [0.4, 0.5) is 0 Å². The van der Waals surface area contributed by atoms with E-state index in [1.807, 2.05) is 10.9 Å². The molecule has 0 saturated heterocycles. The quantitative estimate of drug-likeness (QED) is 0.807. The first-order valence-corrected chi connectivity index (χ1v) is 6.84. The van der Waals surface area contributed by atoms with Crippen molar-refractivity contribution in [1.82, 2.24) is 24.9 Å². The Kier molecular flexibility index (Phi) is 4.37. The molecule has 0 saturated carbocycles. The molecule has 0 aliphatic heterocycles. The van der Waals surface area contributed by atoms with Gasteiger partial charge in [0, 0.05) is 37.1 Å². The third kappa shape index (κ3) is 3.23. The van der Waals surface area contributed by atoms with Crippen LogP contribution in [0.15, 0.2) is 12.4 Å². The van der Waals surface area contributed by atoms with Gasteiger partial charge in [0.1, 0.15) is 0 Å². The Morgan fingerprint density at radius 2 is 2.05 bits per heavy atom. The van der Waals surface area contributed by atoms with Crippen LogP contribution in [0.2, 0.25) is 0 Å². The summed E-state index contributed by atoms with van der Waals surface area (Å²) in [5, 5.41) is 12.3. The second-order valence-corrected chi connectivity index (χ2v) is 4.92. The van der Waals surface area contributed by atoms with Crippen LogP contribution in [-0.2, 0) is 19.6 Å². The molecular formula is C14H23N5. The number of rotatable bonds is 6. The van der Waals surface area contributed by atoms with Gasteiger partial charge in [-0.05, 0) is 33.3 Å². The summed E-state index contributed by atoms with van der Waals surface area (Å²) >= 11 is 0. The Morgan fingerprint density at radius 3 is 2.63 bits per heavy atom. The summed E-state index contributed by atoms with van der Waals surface area (Å²) in [6, 6.07) is 0. The van der Waals surface area contributed by atoms with Gasteiger partial charge in [0.25, 0.3) is 0 Å². The van der Waals surface area contributed by atoms with E-state index in [4.69, 9.17) is 0 Å². The lowest BCUT2D eigenvalue weighted by Crippen LogP contribution is -2.20. The highest BCUT2D eigenvalue weighted by Crippen LogP contribution is 2.12. The van der Waals surface area contributed by atoms with Crippen molar-refractivity contribution < 1.29 is 0 Å². The van der Waals surface area contributed by atoms with Gasteiger partial charge >= 0.3 is 0 Å². The van der Waals surface area contributed by atoms with Crippen LogP contribution in [0.1, 0.15) is 29.4 Å². The molecule has 0 aromatic carbocycles. The minimum Gasteiger partial charge on any atom is -0.311 e. The molecule has 104 valence electrons. The summed E-state index contributed by atoms with van der Waals surface area (Å²) in [5.41, 5.74) is 4.92. The fourth-order valence-corrected chi connectivity index (χ4v) is 2.29. The largest absolute Gasteiger partial charge is 0.311 e.